The van der Waals surface area contributed by atoms with E-state index in [0.29, 0.717) is 51.4 Å². The third kappa shape index (κ3) is 63.7. The molecule has 0 aliphatic heterocycles. The molecule has 2 N–H and O–H groups in total. The average Bonchev–Trinajstić information content (AvgIpc) is 3.36. The topological polar surface area (TPSA) is 188 Å². The van der Waals surface area contributed by atoms with Crippen LogP contribution in [-0.2, 0) is 47.8 Å². The Morgan fingerprint density at radius 2 is 0.814 bits per heavy atom. The number of unbranched alkanes of at least 4 members (excludes halogenated alkanes) is 14. The molecule has 0 aliphatic carbocycles. The predicted molar refractivity (Wildman–Crippen MR) is 285 cm³/mol. The summed E-state index contributed by atoms with van der Waals surface area (Å²) < 4.78 is 13.7. The summed E-state index contributed by atoms with van der Waals surface area (Å²) in [5, 5.41) is 19.3. The Bertz CT molecular complexity index is 1460. The van der Waals surface area contributed by atoms with Crippen molar-refractivity contribution in [2.24, 2.45) is 0 Å². The van der Waals surface area contributed by atoms with E-state index in [4.69, 9.17) is 11.6 Å². The van der Waals surface area contributed by atoms with E-state index in [1.54, 1.807) is 6.08 Å². The summed E-state index contributed by atoms with van der Waals surface area (Å²) in [6.45, 7) is 6.26. The highest BCUT2D eigenvalue weighted by Gasteiger charge is 2.13. The van der Waals surface area contributed by atoms with Gasteiger partial charge in [-0.15, -0.1) is 0 Å². The Labute approximate surface area is 428 Å². The van der Waals surface area contributed by atoms with Crippen molar-refractivity contribution in [1.29, 1.82) is 0 Å². The van der Waals surface area contributed by atoms with Crippen LogP contribution >= 0.6 is 11.6 Å². The number of aliphatic hydroxyl groups is 2. The molecular formula is C57H95ClO12. The van der Waals surface area contributed by atoms with Crippen LogP contribution in [-0.4, -0.2) is 84.8 Å². The highest BCUT2D eigenvalue weighted by molar-refractivity contribution is 6.63. The summed E-state index contributed by atoms with van der Waals surface area (Å²) >= 11 is 5.11. The van der Waals surface area contributed by atoms with Gasteiger partial charge in [-0.1, -0.05) is 158 Å². The van der Waals surface area contributed by atoms with Gasteiger partial charge in [0, 0.05) is 38.5 Å². The summed E-state index contributed by atoms with van der Waals surface area (Å²) in [5.74, 6) is -0.762. The highest BCUT2D eigenvalue weighted by Crippen LogP contribution is 2.12. The molecule has 402 valence electrons. The third-order valence-corrected chi connectivity index (χ3v) is 10.4. The minimum Gasteiger partial charge on any atom is -0.469 e. The van der Waals surface area contributed by atoms with Crippen molar-refractivity contribution in [3.8, 4) is 0 Å². The van der Waals surface area contributed by atoms with Crippen molar-refractivity contribution in [3.05, 3.63) is 72.9 Å². The molecule has 0 spiro atoms. The van der Waals surface area contributed by atoms with Gasteiger partial charge in [-0.05, 0) is 101 Å². The molecule has 0 amide bonds. The molecule has 0 aromatic heterocycles. The van der Waals surface area contributed by atoms with Crippen LogP contribution in [0, 0.1) is 0 Å². The van der Waals surface area contributed by atoms with Crippen molar-refractivity contribution in [3.63, 3.8) is 0 Å². The van der Waals surface area contributed by atoms with Gasteiger partial charge >= 0.3 is 17.9 Å². The van der Waals surface area contributed by atoms with E-state index in [-0.39, 0.29) is 34.7 Å². The minimum atomic E-state index is -0.882. The van der Waals surface area contributed by atoms with Gasteiger partial charge in [0.1, 0.15) is 18.5 Å². The zero-order valence-corrected chi connectivity index (χ0v) is 45.0. The summed E-state index contributed by atoms with van der Waals surface area (Å²) in [6, 6.07) is 0. The molecule has 0 rings (SSSR count). The molecule has 2 unspecified atom stereocenters. The van der Waals surface area contributed by atoms with Gasteiger partial charge in [-0.2, -0.15) is 0 Å². The van der Waals surface area contributed by atoms with Gasteiger partial charge in [0.15, 0.2) is 11.6 Å². The fraction of sp³-hybridized carbons (Fsp3) is 0.667. The Balaban J connectivity index is -0.000000434. The van der Waals surface area contributed by atoms with Crippen LogP contribution in [0.25, 0.3) is 0 Å². The minimum absolute atomic E-state index is 0.105. The molecule has 0 aromatic rings. The lowest BCUT2D eigenvalue weighted by molar-refractivity contribution is -0.141. The van der Waals surface area contributed by atoms with Gasteiger partial charge in [-0.25, -0.2) is 0 Å². The molecular weight excluding hydrogens is 912 g/mol. The maximum absolute atomic E-state index is 11.7. The summed E-state index contributed by atoms with van der Waals surface area (Å²) in [6.07, 6.45) is 47.4. The Kier molecular flexibility index (Phi) is 62.8. The number of allylic oxidation sites excluding steroid dienone is 11. The first-order valence-corrected chi connectivity index (χ1v) is 26.4. The number of hydrogen-bond donors (Lipinski definition) is 2. The Hall–Kier alpha value is -4.26. The molecule has 0 aliphatic rings. The van der Waals surface area contributed by atoms with Crippen LogP contribution in [0.3, 0.4) is 0 Å². The quantitative estimate of drug-likeness (QED) is 0.0112. The molecule has 2 atom stereocenters. The number of hydrogen-bond acceptors (Lipinski definition) is 12. The average molecular weight is 1010 g/mol. The number of aliphatic hydroxyl groups excluding tert-OH is 2. The van der Waals surface area contributed by atoms with E-state index in [9.17, 15) is 43.8 Å². The van der Waals surface area contributed by atoms with Gasteiger partial charge in [0.25, 0.3) is 0 Å². The molecule has 13 heteroatoms. The van der Waals surface area contributed by atoms with Crippen molar-refractivity contribution < 1.29 is 58.0 Å². The molecule has 0 fully saturated rings. The lowest BCUT2D eigenvalue weighted by atomic mass is 10.0. The standard InChI is InChI=1S/2C19H32O4.C10H18O3.C9H13ClO/c2*1-3-4-5-6-8-11-14-17(20)18(21)15-12-9-7-10-13-16-19(22)23-2;1-13-10(12)8-6-4-2-3-5-7-9-11;1-2-3-4-5-6-7-8-9(10)11/h4-5,11,14,18,21H,3,6-10,12-13,15-16H2,1-2H3;4-5,8,11,18,21H,3,6-7,9-10,12-16H2,1-2H3;9H,2-8H2,1H3;3-4,6-7H,2,5,8H2,1H3/b5-4-,14-11+;5-4-,11-8-;;4-3-,7-6-. The SMILES string of the molecule is CC/C=C\C/C=C\CC(=O)C(O)CCCCCCCC(=O)OC.CC/C=C\C/C=C\CC(=O)Cl.CC/C=C\CC/C=C/C(=O)C(O)CCCCCCCC(=O)OC.COC(=O)CCCCCCCC=O. The van der Waals surface area contributed by atoms with Crippen LogP contribution < -0.4 is 0 Å². The van der Waals surface area contributed by atoms with Crippen LogP contribution in [0.5, 0.6) is 0 Å². The van der Waals surface area contributed by atoms with Crippen LogP contribution in [0.15, 0.2) is 72.9 Å². The summed E-state index contributed by atoms with van der Waals surface area (Å²) in [4.78, 5) is 76.1. The number of carbonyl (C=O) groups is 7. The number of aldehydes is 1. The second kappa shape index (κ2) is 60.9. The van der Waals surface area contributed by atoms with E-state index in [1.807, 2.05) is 24.3 Å². The fourth-order valence-electron chi connectivity index (χ4n) is 6.09. The number of methoxy groups -OCH3 is 3. The van der Waals surface area contributed by atoms with E-state index in [2.05, 4.69) is 71.4 Å². The smallest absolute Gasteiger partial charge is 0.305 e. The van der Waals surface area contributed by atoms with Gasteiger partial charge in [0.05, 0.1) is 21.3 Å². The van der Waals surface area contributed by atoms with Gasteiger partial charge in [0.2, 0.25) is 5.24 Å². The van der Waals surface area contributed by atoms with Crippen molar-refractivity contribution in [1.82, 2.24) is 0 Å². The number of ether oxygens (including phenoxy) is 3. The van der Waals surface area contributed by atoms with E-state index < -0.39 is 12.2 Å². The van der Waals surface area contributed by atoms with E-state index >= 15 is 0 Å². The molecule has 0 radical (unpaired) electrons. The summed E-state index contributed by atoms with van der Waals surface area (Å²) in [7, 11) is 4.21. The summed E-state index contributed by atoms with van der Waals surface area (Å²) in [5.41, 5.74) is 0. The van der Waals surface area contributed by atoms with E-state index in [1.165, 1.54) is 27.4 Å². The third-order valence-electron chi connectivity index (χ3n) is 10.3. The van der Waals surface area contributed by atoms with Crippen LogP contribution in [0.1, 0.15) is 213 Å². The zero-order chi connectivity index (χ0) is 53.1. The Morgan fingerprint density at radius 3 is 1.24 bits per heavy atom. The van der Waals surface area contributed by atoms with Crippen molar-refractivity contribution >= 4 is 52.6 Å². The van der Waals surface area contributed by atoms with Gasteiger partial charge in [-0.3, -0.25) is 28.8 Å². The number of halogens is 1. The number of Topliss-reactive ketones (excluding diaryl/α,β-unsaturated/α-hetero) is 1. The van der Waals surface area contributed by atoms with Crippen LogP contribution in [0.4, 0.5) is 0 Å². The molecule has 0 saturated heterocycles. The largest absolute Gasteiger partial charge is 0.469 e. The number of rotatable bonds is 41. The predicted octanol–water partition coefficient (Wildman–Crippen LogP) is 13.4. The molecule has 70 heavy (non-hydrogen) atoms. The monoisotopic (exact) mass is 1010 g/mol. The number of esters is 3. The molecule has 0 heterocycles. The van der Waals surface area contributed by atoms with E-state index in [0.717, 1.165) is 148 Å². The second-order valence-electron chi connectivity index (χ2n) is 16.5. The maximum atomic E-state index is 11.7. The first-order valence-electron chi connectivity index (χ1n) is 26.0. The molecule has 0 saturated carbocycles. The first kappa shape index (κ1) is 72.3. The number of ketones is 2. The fourth-order valence-corrected chi connectivity index (χ4v) is 6.17. The van der Waals surface area contributed by atoms with Gasteiger partial charge < -0.3 is 29.2 Å². The lowest BCUT2D eigenvalue weighted by Gasteiger charge is -2.08. The maximum Gasteiger partial charge on any atom is 0.305 e. The zero-order valence-electron chi connectivity index (χ0n) is 44.2. The highest BCUT2D eigenvalue weighted by atomic mass is 35.5. The molecule has 12 nitrogen and oxygen atoms in total. The second-order valence-corrected chi connectivity index (χ2v) is 16.9. The van der Waals surface area contributed by atoms with Crippen molar-refractivity contribution in [2.75, 3.05) is 21.3 Å². The van der Waals surface area contributed by atoms with Crippen LogP contribution in [0.2, 0.25) is 0 Å². The Morgan fingerprint density at radius 1 is 0.443 bits per heavy atom. The van der Waals surface area contributed by atoms with Crippen molar-refractivity contribution in [2.45, 2.75) is 226 Å². The lowest BCUT2D eigenvalue weighted by Crippen LogP contribution is -2.19. The number of carbonyl (C=O) groups excluding carboxylic acids is 7. The first-order chi connectivity index (χ1) is 33.8. The molecule has 0 aromatic carbocycles. The molecule has 0 bridgehead atoms. The normalized spacial score (nSPS) is 12.0.